The van der Waals surface area contributed by atoms with E-state index >= 15 is 0 Å². The minimum absolute atomic E-state index is 0.456. The zero-order chi connectivity index (χ0) is 25.1. The first-order chi connectivity index (χ1) is 17.9. The van der Waals surface area contributed by atoms with E-state index in [-0.39, 0.29) is 0 Å². The van der Waals surface area contributed by atoms with Gasteiger partial charge in [0.25, 0.3) is 0 Å². The van der Waals surface area contributed by atoms with Crippen molar-refractivity contribution >= 4 is 59.8 Å². The molecule has 0 atom stereocenters. The minimum Gasteiger partial charge on any atom is -0.308 e. The molecule has 0 N–H and O–H groups in total. The standard InChI is InChI=1S/C35H32N2/c1-20-8-7-9-23-19-27-32-30-24(14-17-36-32)18-26(22-12-15-35(3,4)16-13-22)31-25-10-5-6-11-28(25)37(34(30)31)33(27)21(2)29(20)23/h5-11,14,17-19,22H,12-13,15-16H2,1-4H3. The molecule has 2 heteroatoms. The van der Waals surface area contributed by atoms with Crippen molar-refractivity contribution in [3.8, 4) is 0 Å². The van der Waals surface area contributed by atoms with Crippen LogP contribution >= 0.6 is 0 Å². The summed E-state index contributed by atoms with van der Waals surface area (Å²) in [4.78, 5) is 5.05. The molecule has 1 aliphatic rings. The molecule has 0 aliphatic heterocycles. The van der Waals surface area contributed by atoms with Crippen molar-refractivity contribution < 1.29 is 0 Å². The molecule has 0 radical (unpaired) electrons. The van der Waals surface area contributed by atoms with Crippen molar-refractivity contribution in [1.29, 1.82) is 0 Å². The van der Waals surface area contributed by atoms with E-state index in [0.717, 1.165) is 5.52 Å². The fraction of sp³-hybridized carbons (Fsp3) is 0.286. The lowest BCUT2D eigenvalue weighted by Gasteiger charge is -2.35. The number of hydrogen-bond acceptors (Lipinski definition) is 1. The summed E-state index contributed by atoms with van der Waals surface area (Å²) in [5, 5.41) is 9.40. The van der Waals surface area contributed by atoms with E-state index in [0.29, 0.717) is 11.3 Å². The molecule has 3 heterocycles. The van der Waals surface area contributed by atoms with E-state index in [2.05, 4.69) is 92.8 Å². The average molecular weight is 481 g/mol. The Labute approximate surface area is 217 Å². The van der Waals surface area contributed by atoms with Gasteiger partial charge in [0.1, 0.15) is 0 Å². The highest BCUT2D eigenvalue weighted by molar-refractivity contribution is 6.29. The summed E-state index contributed by atoms with van der Waals surface area (Å²) in [6.07, 6.45) is 7.15. The quantitative estimate of drug-likeness (QED) is 0.169. The normalized spacial score (nSPS) is 16.9. The minimum atomic E-state index is 0.456. The number of aromatic nitrogens is 2. The van der Waals surface area contributed by atoms with Crippen molar-refractivity contribution in [2.45, 2.75) is 59.3 Å². The fourth-order valence-electron chi connectivity index (χ4n) is 7.66. The molecule has 1 saturated carbocycles. The lowest BCUT2D eigenvalue weighted by molar-refractivity contribution is 0.225. The molecule has 1 aliphatic carbocycles. The van der Waals surface area contributed by atoms with E-state index in [1.54, 1.807) is 5.56 Å². The Kier molecular flexibility index (Phi) is 4.18. The van der Waals surface area contributed by atoms with Crippen LogP contribution in [0.5, 0.6) is 0 Å². The molecule has 0 spiro atoms. The SMILES string of the molecule is Cc1cccc2cc3c4nccc5cc(C6CCC(C)(C)CC6)c6c7ccccc7n(c3c(C)c12)c6c54. The zero-order valence-corrected chi connectivity index (χ0v) is 22.2. The van der Waals surface area contributed by atoms with Gasteiger partial charge in [-0.15, -0.1) is 0 Å². The Morgan fingerprint density at radius 1 is 0.784 bits per heavy atom. The molecule has 2 nitrogen and oxygen atoms in total. The van der Waals surface area contributed by atoms with Crippen LogP contribution in [0.25, 0.3) is 59.8 Å². The molecule has 0 amide bonds. The lowest BCUT2D eigenvalue weighted by atomic mass is 9.70. The number of rotatable bonds is 1. The molecular weight excluding hydrogens is 448 g/mol. The maximum Gasteiger partial charge on any atom is 0.0823 e. The monoisotopic (exact) mass is 480 g/mol. The molecule has 0 unspecified atom stereocenters. The van der Waals surface area contributed by atoms with Crippen molar-refractivity contribution in [1.82, 2.24) is 9.38 Å². The van der Waals surface area contributed by atoms with Gasteiger partial charge < -0.3 is 4.40 Å². The van der Waals surface area contributed by atoms with E-state index in [1.807, 2.05) is 6.20 Å². The van der Waals surface area contributed by atoms with Crippen LogP contribution < -0.4 is 0 Å². The summed E-state index contributed by atoms with van der Waals surface area (Å²) in [5.41, 5.74) is 9.81. The summed E-state index contributed by atoms with van der Waals surface area (Å²) in [7, 11) is 0. The first-order valence-corrected chi connectivity index (χ1v) is 13.8. The Bertz CT molecular complexity index is 2030. The number of fused-ring (bicyclic) bond motifs is 7. The van der Waals surface area contributed by atoms with Crippen molar-refractivity contribution in [3.63, 3.8) is 0 Å². The third-order valence-electron chi connectivity index (χ3n) is 9.54. The number of para-hydroxylation sites is 1. The molecule has 0 bridgehead atoms. The van der Waals surface area contributed by atoms with E-state index in [9.17, 15) is 0 Å². The van der Waals surface area contributed by atoms with Crippen LogP contribution in [0.15, 0.2) is 66.9 Å². The zero-order valence-electron chi connectivity index (χ0n) is 22.2. The van der Waals surface area contributed by atoms with Gasteiger partial charge in [0.05, 0.1) is 22.1 Å². The first kappa shape index (κ1) is 21.4. The largest absolute Gasteiger partial charge is 0.308 e. The number of hydrogen-bond donors (Lipinski definition) is 0. The summed E-state index contributed by atoms with van der Waals surface area (Å²) in [5.74, 6) is 0.606. The molecule has 182 valence electrons. The molecular formula is C35H32N2. The van der Waals surface area contributed by atoms with Crippen LogP contribution in [0.4, 0.5) is 0 Å². The number of aryl methyl sites for hydroxylation is 2. The second-order valence-corrected chi connectivity index (χ2v) is 12.3. The van der Waals surface area contributed by atoms with Crippen LogP contribution in [-0.2, 0) is 0 Å². The Balaban J connectivity index is 1.63. The molecule has 37 heavy (non-hydrogen) atoms. The summed E-state index contributed by atoms with van der Waals surface area (Å²) < 4.78 is 2.59. The van der Waals surface area contributed by atoms with E-state index < -0.39 is 0 Å². The van der Waals surface area contributed by atoms with E-state index in [1.165, 1.54) is 91.1 Å². The number of nitrogens with zero attached hydrogens (tertiary/aromatic N) is 2. The van der Waals surface area contributed by atoms with Gasteiger partial charge in [0, 0.05) is 27.7 Å². The van der Waals surface area contributed by atoms with Gasteiger partial charge in [-0.05, 0) is 108 Å². The van der Waals surface area contributed by atoms with Crippen molar-refractivity contribution in [2.75, 3.05) is 0 Å². The smallest absolute Gasteiger partial charge is 0.0823 e. The molecule has 7 aromatic rings. The van der Waals surface area contributed by atoms with Crippen molar-refractivity contribution in [2.24, 2.45) is 5.41 Å². The predicted molar refractivity (Wildman–Crippen MR) is 158 cm³/mol. The van der Waals surface area contributed by atoms with Gasteiger partial charge in [-0.2, -0.15) is 0 Å². The maximum atomic E-state index is 5.05. The Morgan fingerprint density at radius 2 is 1.57 bits per heavy atom. The van der Waals surface area contributed by atoms with Crippen LogP contribution in [0, 0.1) is 19.3 Å². The van der Waals surface area contributed by atoms with Crippen LogP contribution in [-0.4, -0.2) is 9.38 Å². The maximum absolute atomic E-state index is 5.05. The highest BCUT2D eigenvalue weighted by Crippen LogP contribution is 2.49. The molecule has 1 fully saturated rings. The first-order valence-electron chi connectivity index (χ1n) is 13.8. The average Bonchev–Trinajstić information content (AvgIpc) is 3.23. The molecule has 8 rings (SSSR count). The second kappa shape index (κ2) is 7.22. The second-order valence-electron chi connectivity index (χ2n) is 12.3. The molecule has 4 aromatic carbocycles. The van der Waals surface area contributed by atoms with Gasteiger partial charge in [-0.25, -0.2) is 0 Å². The third kappa shape index (κ3) is 2.79. The topological polar surface area (TPSA) is 17.3 Å². The predicted octanol–water partition coefficient (Wildman–Crippen LogP) is 9.84. The van der Waals surface area contributed by atoms with E-state index in [4.69, 9.17) is 4.98 Å². The van der Waals surface area contributed by atoms with Crippen LogP contribution in [0.1, 0.15) is 62.1 Å². The highest BCUT2D eigenvalue weighted by Gasteiger charge is 2.31. The van der Waals surface area contributed by atoms with Gasteiger partial charge in [0.15, 0.2) is 0 Å². The number of benzene rings is 4. The Morgan fingerprint density at radius 3 is 2.41 bits per heavy atom. The molecule has 3 aromatic heterocycles. The van der Waals surface area contributed by atoms with Crippen LogP contribution in [0.3, 0.4) is 0 Å². The summed E-state index contributed by atoms with van der Waals surface area (Å²) in [6.45, 7) is 9.43. The van der Waals surface area contributed by atoms with Crippen molar-refractivity contribution in [3.05, 3.63) is 83.6 Å². The van der Waals surface area contributed by atoms with Gasteiger partial charge in [-0.3, -0.25) is 4.98 Å². The number of pyridine rings is 2. The van der Waals surface area contributed by atoms with Gasteiger partial charge in [-0.1, -0.05) is 50.2 Å². The molecule has 0 saturated heterocycles. The fourth-order valence-corrected chi connectivity index (χ4v) is 7.66. The highest BCUT2D eigenvalue weighted by atomic mass is 14.9. The Hall–Kier alpha value is -3.65. The lowest BCUT2D eigenvalue weighted by Crippen LogP contribution is -2.20. The summed E-state index contributed by atoms with van der Waals surface area (Å²) >= 11 is 0. The van der Waals surface area contributed by atoms with Gasteiger partial charge in [0.2, 0.25) is 0 Å². The summed E-state index contributed by atoms with van der Waals surface area (Å²) in [6, 6.07) is 22.9. The van der Waals surface area contributed by atoms with Crippen LogP contribution in [0.2, 0.25) is 0 Å². The third-order valence-corrected chi connectivity index (χ3v) is 9.54. The van der Waals surface area contributed by atoms with Gasteiger partial charge >= 0.3 is 0 Å².